The summed E-state index contributed by atoms with van der Waals surface area (Å²) in [4.78, 5) is 25.0. The molecule has 21 heavy (non-hydrogen) atoms. The van der Waals surface area contributed by atoms with E-state index < -0.39 is 29.3 Å². The first-order valence-corrected chi connectivity index (χ1v) is 7.18. The molecule has 1 heterocycles. The molecule has 1 saturated carbocycles. The molecule has 1 unspecified atom stereocenters. The topological polar surface area (TPSA) is 46.6 Å². The van der Waals surface area contributed by atoms with Gasteiger partial charge in [0.2, 0.25) is 0 Å². The van der Waals surface area contributed by atoms with Gasteiger partial charge in [0.15, 0.2) is 0 Å². The van der Waals surface area contributed by atoms with Crippen molar-refractivity contribution >= 4 is 27.8 Å². The number of rotatable bonds is 2. The van der Waals surface area contributed by atoms with Gasteiger partial charge in [-0.1, -0.05) is 0 Å². The van der Waals surface area contributed by atoms with E-state index in [1.807, 2.05) is 0 Å². The number of alkyl halides is 1. The van der Waals surface area contributed by atoms with Gasteiger partial charge in [0, 0.05) is 17.7 Å². The third kappa shape index (κ3) is 2.06. The van der Waals surface area contributed by atoms with Crippen molar-refractivity contribution in [2.45, 2.75) is 18.0 Å². The molecule has 1 aliphatic carbocycles. The van der Waals surface area contributed by atoms with Crippen LogP contribution in [-0.4, -0.2) is 43.1 Å². The monoisotopic (exact) mass is 359 g/mol. The van der Waals surface area contributed by atoms with Gasteiger partial charge in [0.05, 0.1) is 17.0 Å². The maximum absolute atomic E-state index is 14.3. The predicted molar refractivity (Wildman–Crippen MR) is 73.2 cm³/mol. The number of esters is 1. The molecule has 4 nitrogen and oxygen atoms in total. The number of methoxy groups -OCH3 is 1. The van der Waals surface area contributed by atoms with Crippen molar-refractivity contribution in [1.29, 1.82) is 0 Å². The highest BCUT2D eigenvalue weighted by atomic mass is 79.9. The van der Waals surface area contributed by atoms with Crippen LogP contribution >= 0.6 is 15.9 Å². The van der Waals surface area contributed by atoms with Gasteiger partial charge in [-0.25, -0.2) is 8.78 Å². The van der Waals surface area contributed by atoms with Gasteiger partial charge in [-0.2, -0.15) is 0 Å². The summed E-state index contributed by atoms with van der Waals surface area (Å²) in [5.41, 5.74) is -0.799. The highest BCUT2D eigenvalue weighted by Crippen LogP contribution is 2.55. The molecule has 2 atom stereocenters. The van der Waals surface area contributed by atoms with E-state index in [2.05, 4.69) is 20.7 Å². The minimum atomic E-state index is -1.21. The summed E-state index contributed by atoms with van der Waals surface area (Å²) in [6, 6.07) is 2.87. The normalized spacial score (nSPS) is 26.8. The van der Waals surface area contributed by atoms with Crippen molar-refractivity contribution in [3.8, 4) is 0 Å². The molecule has 1 aliphatic heterocycles. The van der Waals surface area contributed by atoms with Crippen molar-refractivity contribution in [2.75, 3.05) is 20.2 Å². The van der Waals surface area contributed by atoms with Gasteiger partial charge < -0.3 is 9.64 Å². The Bertz CT molecular complexity index is 651. The van der Waals surface area contributed by atoms with Crippen LogP contribution in [0.2, 0.25) is 0 Å². The zero-order valence-corrected chi connectivity index (χ0v) is 12.7. The van der Waals surface area contributed by atoms with Crippen LogP contribution in [0.1, 0.15) is 22.3 Å². The average molecular weight is 360 g/mol. The number of fused-ring (bicyclic) bond motifs is 2. The predicted octanol–water partition coefficient (Wildman–Crippen LogP) is 2.20. The van der Waals surface area contributed by atoms with E-state index in [4.69, 9.17) is 0 Å². The Hall–Kier alpha value is -1.50. The van der Waals surface area contributed by atoms with Crippen molar-refractivity contribution in [2.24, 2.45) is 0 Å². The molecule has 1 fully saturated rings. The number of ether oxygens (including phenoxy) is 1. The Kier molecular flexibility index (Phi) is 3.27. The number of hydrogen-bond donors (Lipinski definition) is 0. The SMILES string of the molecule is COC(=O)CN1CC2(C[C@H]2F)c2c(ccc(Br)c2F)C1=O. The van der Waals surface area contributed by atoms with Gasteiger partial charge in [0.25, 0.3) is 5.91 Å². The molecule has 1 amide bonds. The van der Waals surface area contributed by atoms with Crippen LogP contribution in [0.25, 0.3) is 0 Å². The van der Waals surface area contributed by atoms with Crippen molar-refractivity contribution in [1.82, 2.24) is 4.90 Å². The molecule has 0 N–H and O–H groups in total. The number of carbonyl (C=O) groups is 2. The summed E-state index contributed by atoms with van der Waals surface area (Å²) in [5, 5.41) is 0. The second-order valence-corrected chi connectivity index (χ2v) is 6.20. The standard InChI is InChI=1S/C14H12BrF2NO3/c1-21-10(19)5-18-6-14(4-9(14)16)11-7(13(18)20)2-3-8(15)12(11)17/h2-3,9H,4-6H2,1H3/t9-,14?/m1/s1. The minimum Gasteiger partial charge on any atom is -0.468 e. The Morgan fingerprint density at radius 1 is 1.57 bits per heavy atom. The molecule has 1 aromatic carbocycles. The van der Waals surface area contributed by atoms with E-state index >= 15 is 0 Å². The van der Waals surface area contributed by atoms with Gasteiger partial charge in [-0.05, 0) is 34.5 Å². The molecule has 7 heteroatoms. The van der Waals surface area contributed by atoms with Crippen LogP contribution in [0.5, 0.6) is 0 Å². The van der Waals surface area contributed by atoms with Crippen LogP contribution in [0.4, 0.5) is 8.78 Å². The number of carbonyl (C=O) groups excluding carboxylic acids is 2. The minimum absolute atomic E-state index is 0.0114. The second-order valence-electron chi connectivity index (χ2n) is 5.35. The van der Waals surface area contributed by atoms with Crippen molar-refractivity contribution in [3.63, 3.8) is 0 Å². The molecule has 2 aliphatic rings. The quantitative estimate of drug-likeness (QED) is 0.760. The smallest absolute Gasteiger partial charge is 0.325 e. The van der Waals surface area contributed by atoms with E-state index in [0.717, 1.165) is 0 Å². The molecular formula is C14H12BrF2NO3. The van der Waals surface area contributed by atoms with E-state index in [1.54, 1.807) is 0 Å². The molecule has 0 saturated heterocycles. The van der Waals surface area contributed by atoms with Gasteiger partial charge in [0.1, 0.15) is 18.5 Å². The third-order valence-electron chi connectivity index (χ3n) is 4.11. The Morgan fingerprint density at radius 3 is 2.81 bits per heavy atom. The second kappa shape index (κ2) is 4.76. The Balaban J connectivity index is 2.07. The average Bonchev–Trinajstić information content (AvgIpc) is 3.09. The molecule has 0 bridgehead atoms. The summed E-state index contributed by atoms with van der Waals surface area (Å²) in [6.07, 6.45) is -1.06. The lowest BCUT2D eigenvalue weighted by atomic mass is 9.85. The lowest BCUT2D eigenvalue weighted by Gasteiger charge is -2.34. The van der Waals surface area contributed by atoms with Gasteiger partial charge in [-0.15, -0.1) is 0 Å². The van der Waals surface area contributed by atoms with E-state index in [1.165, 1.54) is 24.1 Å². The number of nitrogens with zero attached hydrogens (tertiary/aromatic N) is 1. The molecule has 0 aromatic heterocycles. The van der Waals surface area contributed by atoms with Gasteiger partial charge >= 0.3 is 5.97 Å². The fourth-order valence-electron chi connectivity index (χ4n) is 2.91. The van der Waals surface area contributed by atoms with E-state index in [9.17, 15) is 18.4 Å². The van der Waals surface area contributed by atoms with Gasteiger partial charge in [-0.3, -0.25) is 9.59 Å². The van der Waals surface area contributed by atoms with Crippen LogP contribution in [0.3, 0.4) is 0 Å². The maximum Gasteiger partial charge on any atom is 0.325 e. The molecule has 112 valence electrons. The Morgan fingerprint density at radius 2 is 2.24 bits per heavy atom. The lowest BCUT2D eigenvalue weighted by molar-refractivity contribution is -0.141. The lowest BCUT2D eigenvalue weighted by Crippen LogP contribution is -2.47. The highest BCUT2D eigenvalue weighted by molar-refractivity contribution is 9.10. The largest absolute Gasteiger partial charge is 0.468 e. The first-order chi connectivity index (χ1) is 9.90. The van der Waals surface area contributed by atoms with Crippen molar-refractivity contribution < 1.29 is 23.1 Å². The van der Waals surface area contributed by atoms with Crippen LogP contribution < -0.4 is 0 Å². The molecule has 3 rings (SSSR count). The molecular weight excluding hydrogens is 348 g/mol. The maximum atomic E-state index is 14.3. The highest BCUT2D eigenvalue weighted by Gasteiger charge is 2.62. The zero-order chi connectivity index (χ0) is 15.4. The summed E-state index contributed by atoms with van der Waals surface area (Å²) in [7, 11) is 1.21. The summed E-state index contributed by atoms with van der Waals surface area (Å²) >= 11 is 3.06. The zero-order valence-electron chi connectivity index (χ0n) is 11.2. The first kappa shape index (κ1) is 14.4. The van der Waals surface area contributed by atoms with E-state index in [0.29, 0.717) is 0 Å². The summed E-state index contributed by atoms with van der Waals surface area (Å²) in [5.74, 6) is -1.67. The van der Waals surface area contributed by atoms with Crippen molar-refractivity contribution in [3.05, 3.63) is 33.5 Å². The van der Waals surface area contributed by atoms with Crippen LogP contribution in [0.15, 0.2) is 16.6 Å². The molecule has 0 radical (unpaired) electrons. The number of halogens is 3. The fraction of sp³-hybridized carbons (Fsp3) is 0.429. The van der Waals surface area contributed by atoms with E-state index in [-0.39, 0.29) is 35.1 Å². The first-order valence-electron chi connectivity index (χ1n) is 6.39. The van der Waals surface area contributed by atoms with Crippen LogP contribution in [-0.2, 0) is 14.9 Å². The summed E-state index contributed by atoms with van der Waals surface area (Å²) < 4.78 is 33.0. The Labute approximate surface area is 128 Å². The molecule has 1 aromatic rings. The van der Waals surface area contributed by atoms with Crippen LogP contribution in [0, 0.1) is 5.82 Å². The number of benzene rings is 1. The summed E-state index contributed by atoms with van der Waals surface area (Å²) in [6.45, 7) is -0.274. The fourth-order valence-corrected chi connectivity index (χ4v) is 3.24. The third-order valence-corrected chi connectivity index (χ3v) is 4.73. The number of amides is 1. The molecule has 1 spiro atoms. The number of hydrogen-bond acceptors (Lipinski definition) is 3.